The molecule has 0 heterocycles. The molecular formula is C16H23NO3. The van der Waals surface area contributed by atoms with Gasteiger partial charge in [0.25, 0.3) is 0 Å². The average molecular weight is 277 g/mol. The van der Waals surface area contributed by atoms with Crippen molar-refractivity contribution in [1.29, 1.82) is 0 Å². The van der Waals surface area contributed by atoms with E-state index in [1.807, 2.05) is 24.3 Å². The van der Waals surface area contributed by atoms with Crippen LogP contribution in [0.25, 0.3) is 0 Å². The second-order valence-corrected chi connectivity index (χ2v) is 5.69. The van der Waals surface area contributed by atoms with Gasteiger partial charge in [0.15, 0.2) is 0 Å². The standard InChI is InChI=1S/C16H23NO3/c1-5-12-7-6-8-13(11-12)17-14(18)9-10-15(19)20-16(2,3)4/h6-8,11H,5,9-10H2,1-4H3,(H,17,18). The van der Waals surface area contributed by atoms with Crippen LogP contribution in [-0.2, 0) is 20.7 Å². The largest absolute Gasteiger partial charge is 0.460 e. The molecule has 0 saturated heterocycles. The number of esters is 1. The van der Waals surface area contributed by atoms with Gasteiger partial charge in [-0.05, 0) is 44.9 Å². The van der Waals surface area contributed by atoms with Crippen LogP contribution in [0.2, 0.25) is 0 Å². The summed E-state index contributed by atoms with van der Waals surface area (Å²) in [5.41, 5.74) is 1.41. The van der Waals surface area contributed by atoms with Gasteiger partial charge in [-0.1, -0.05) is 19.1 Å². The van der Waals surface area contributed by atoms with Gasteiger partial charge in [-0.3, -0.25) is 9.59 Å². The fourth-order valence-electron chi connectivity index (χ4n) is 1.70. The summed E-state index contributed by atoms with van der Waals surface area (Å²) in [6, 6.07) is 7.69. The zero-order chi connectivity index (χ0) is 15.2. The number of carbonyl (C=O) groups is 2. The van der Waals surface area contributed by atoms with E-state index in [0.717, 1.165) is 17.7 Å². The number of anilines is 1. The molecule has 110 valence electrons. The van der Waals surface area contributed by atoms with Crippen LogP contribution in [0.3, 0.4) is 0 Å². The molecular weight excluding hydrogens is 254 g/mol. The Kier molecular flexibility index (Phi) is 5.74. The molecule has 0 spiro atoms. The lowest BCUT2D eigenvalue weighted by Crippen LogP contribution is -2.24. The van der Waals surface area contributed by atoms with Crippen molar-refractivity contribution >= 4 is 17.6 Å². The minimum Gasteiger partial charge on any atom is -0.460 e. The van der Waals surface area contributed by atoms with Crippen molar-refractivity contribution < 1.29 is 14.3 Å². The molecule has 1 rings (SSSR count). The van der Waals surface area contributed by atoms with E-state index in [9.17, 15) is 9.59 Å². The first-order valence-corrected chi connectivity index (χ1v) is 6.91. The second kappa shape index (κ2) is 7.08. The van der Waals surface area contributed by atoms with Crippen molar-refractivity contribution in [3.63, 3.8) is 0 Å². The third-order valence-electron chi connectivity index (χ3n) is 2.60. The highest BCUT2D eigenvalue weighted by Gasteiger charge is 2.17. The summed E-state index contributed by atoms with van der Waals surface area (Å²) in [6.07, 6.45) is 1.14. The van der Waals surface area contributed by atoms with Crippen molar-refractivity contribution in [3.8, 4) is 0 Å². The van der Waals surface area contributed by atoms with E-state index in [1.165, 1.54) is 0 Å². The first-order chi connectivity index (χ1) is 9.30. The topological polar surface area (TPSA) is 55.4 Å². The maximum Gasteiger partial charge on any atom is 0.306 e. The monoisotopic (exact) mass is 277 g/mol. The van der Waals surface area contributed by atoms with E-state index in [1.54, 1.807) is 20.8 Å². The van der Waals surface area contributed by atoms with Crippen LogP contribution in [-0.4, -0.2) is 17.5 Å². The Hall–Kier alpha value is -1.84. The Morgan fingerprint density at radius 3 is 2.50 bits per heavy atom. The molecule has 0 atom stereocenters. The Bertz CT molecular complexity index is 475. The SMILES string of the molecule is CCc1cccc(NC(=O)CCC(=O)OC(C)(C)C)c1. The fraction of sp³-hybridized carbons (Fsp3) is 0.500. The van der Waals surface area contributed by atoms with Gasteiger partial charge < -0.3 is 10.1 Å². The minimum atomic E-state index is -0.511. The number of carbonyl (C=O) groups excluding carboxylic acids is 2. The number of aryl methyl sites for hydroxylation is 1. The lowest BCUT2D eigenvalue weighted by molar-refractivity contribution is -0.155. The molecule has 1 amide bonds. The van der Waals surface area contributed by atoms with E-state index in [-0.39, 0.29) is 24.7 Å². The van der Waals surface area contributed by atoms with Gasteiger partial charge in [0.05, 0.1) is 6.42 Å². The number of hydrogen-bond donors (Lipinski definition) is 1. The van der Waals surface area contributed by atoms with Gasteiger partial charge in [0.1, 0.15) is 5.60 Å². The van der Waals surface area contributed by atoms with E-state index in [0.29, 0.717) is 0 Å². The first-order valence-electron chi connectivity index (χ1n) is 6.91. The second-order valence-electron chi connectivity index (χ2n) is 5.69. The molecule has 0 aromatic heterocycles. The van der Waals surface area contributed by atoms with Gasteiger partial charge in [0, 0.05) is 12.1 Å². The molecule has 0 unspecified atom stereocenters. The number of rotatable bonds is 5. The fourth-order valence-corrected chi connectivity index (χ4v) is 1.70. The highest BCUT2D eigenvalue weighted by molar-refractivity contribution is 5.92. The lowest BCUT2D eigenvalue weighted by Gasteiger charge is -2.19. The van der Waals surface area contributed by atoms with Crippen molar-refractivity contribution in [2.45, 2.75) is 52.6 Å². The summed E-state index contributed by atoms with van der Waals surface area (Å²) in [6.45, 7) is 7.48. The molecule has 4 heteroatoms. The smallest absolute Gasteiger partial charge is 0.306 e. The molecule has 1 aromatic carbocycles. The van der Waals surface area contributed by atoms with Gasteiger partial charge in [0.2, 0.25) is 5.91 Å². The average Bonchev–Trinajstić information content (AvgIpc) is 2.34. The Morgan fingerprint density at radius 2 is 1.90 bits per heavy atom. The number of hydrogen-bond acceptors (Lipinski definition) is 3. The van der Waals surface area contributed by atoms with Crippen LogP contribution in [0.1, 0.15) is 46.1 Å². The molecule has 1 aromatic rings. The summed E-state index contributed by atoms with van der Waals surface area (Å²) < 4.78 is 5.16. The first kappa shape index (κ1) is 16.2. The quantitative estimate of drug-likeness (QED) is 0.840. The number of amides is 1. The molecule has 4 nitrogen and oxygen atoms in total. The number of benzene rings is 1. The molecule has 0 fully saturated rings. The van der Waals surface area contributed by atoms with Crippen LogP contribution in [0.5, 0.6) is 0 Å². The Labute approximate surface area is 120 Å². The van der Waals surface area contributed by atoms with Crippen LogP contribution < -0.4 is 5.32 Å². The van der Waals surface area contributed by atoms with Crippen LogP contribution in [0.4, 0.5) is 5.69 Å². The van der Waals surface area contributed by atoms with Gasteiger partial charge in [-0.2, -0.15) is 0 Å². The molecule has 0 aliphatic heterocycles. The zero-order valence-electron chi connectivity index (χ0n) is 12.7. The van der Waals surface area contributed by atoms with E-state index in [2.05, 4.69) is 12.2 Å². The third kappa shape index (κ3) is 6.36. The van der Waals surface area contributed by atoms with Crippen LogP contribution >= 0.6 is 0 Å². The van der Waals surface area contributed by atoms with E-state index >= 15 is 0 Å². The van der Waals surface area contributed by atoms with Crippen LogP contribution in [0, 0.1) is 0 Å². The third-order valence-corrected chi connectivity index (χ3v) is 2.60. The lowest BCUT2D eigenvalue weighted by atomic mass is 10.1. The molecule has 0 bridgehead atoms. The van der Waals surface area contributed by atoms with Crippen molar-refractivity contribution in [2.24, 2.45) is 0 Å². The Morgan fingerprint density at radius 1 is 1.20 bits per heavy atom. The normalized spacial score (nSPS) is 11.0. The van der Waals surface area contributed by atoms with Crippen LogP contribution in [0.15, 0.2) is 24.3 Å². The van der Waals surface area contributed by atoms with Gasteiger partial charge in [-0.25, -0.2) is 0 Å². The summed E-state index contributed by atoms with van der Waals surface area (Å²) in [5, 5.41) is 2.79. The molecule has 0 aliphatic rings. The van der Waals surface area contributed by atoms with Crippen molar-refractivity contribution in [1.82, 2.24) is 0 Å². The van der Waals surface area contributed by atoms with E-state index < -0.39 is 5.60 Å². The summed E-state index contributed by atoms with van der Waals surface area (Å²) in [4.78, 5) is 23.3. The Balaban J connectivity index is 2.42. The van der Waals surface area contributed by atoms with Crippen molar-refractivity contribution in [2.75, 3.05) is 5.32 Å². The van der Waals surface area contributed by atoms with Gasteiger partial charge >= 0.3 is 5.97 Å². The molecule has 0 radical (unpaired) electrons. The minimum absolute atomic E-state index is 0.0938. The highest BCUT2D eigenvalue weighted by Crippen LogP contribution is 2.13. The molecule has 1 N–H and O–H groups in total. The summed E-state index contributed by atoms with van der Waals surface area (Å²) in [7, 11) is 0. The number of ether oxygens (including phenoxy) is 1. The molecule has 20 heavy (non-hydrogen) atoms. The van der Waals surface area contributed by atoms with Gasteiger partial charge in [-0.15, -0.1) is 0 Å². The summed E-state index contributed by atoms with van der Waals surface area (Å²) >= 11 is 0. The molecule has 0 saturated carbocycles. The number of nitrogens with one attached hydrogen (secondary N) is 1. The zero-order valence-corrected chi connectivity index (χ0v) is 12.7. The summed E-state index contributed by atoms with van der Waals surface area (Å²) in [5.74, 6) is -0.529. The van der Waals surface area contributed by atoms with Crippen molar-refractivity contribution in [3.05, 3.63) is 29.8 Å². The highest BCUT2D eigenvalue weighted by atomic mass is 16.6. The van der Waals surface area contributed by atoms with E-state index in [4.69, 9.17) is 4.74 Å². The predicted octanol–water partition coefficient (Wildman–Crippen LogP) is 3.31. The molecule has 0 aliphatic carbocycles. The maximum absolute atomic E-state index is 11.8. The predicted molar refractivity (Wildman–Crippen MR) is 79.5 cm³/mol. The maximum atomic E-state index is 11.8.